The summed E-state index contributed by atoms with van der Waals surface area (Å²) < 4.78 is 32.7. The number of benzene rings is 1. The highest BCUT2D eigenvalue weighted by Crippen LogP contribution is 2.34. The predicted molar refractivity (Wildman–Crippen MR) is 84.2 cm³/mol. The van der Waals surface area contributed by atoms with Crippen molar-refractivity contribution in [2.45, 2.75) is 32.1 Å². The lowest BCUT2D eigenvalue weighted by atomic mass is 10.0. The van der Waals surface area contributed by atoms with E-state index in [1.165, 1.54) is 6.07 Å². The van der Waals surface area contributed by atoms with Gasteiger partial charge in [-0.3, -0.25) is 0 Å². The molecular weight excluding hydrogens is 328 g/mol. The Bertz CT molecular complexity index is 898. The van der Waals surface area contributed by atoms with E-state index in [2.05, 4.69) is 0 Å². The maximum atomic E-state index is 12.2. The zero-order valence-electron chi connectivity index (χ0n) is 12.0. The molecule has 118 valence electrons. The molecule has 0 spiro atoms. The molecule has 5 nitrogen and oxygen atoms in total. The first-order chi connectivity index (χ1) is 10.3. The Hall–Kier alpha value is -1.53. The smallest absolute Gasteiger partial charge is 0.339 e. The Balaban J connectivity index is 2.25. The zero-order chi connectivity index (χ0) is 15.9. The summed E-state index contributed by atoms with van der Waals surface area (Å²) >= 11 is 6.12. The molecule has 0 aliphatic heterocycles. The summed E-state index contributed by atoms with van der Waals surface area (Å²) in [6, 6.07) is 2.98. The zero-order valence-corrected chi connectivity index (χ0v) is 13.6. The Kier molecular flexibility index (Phi) is 3.91. The second kappa shape index (κ2) is 5.59. The SMILES string of the molecule is CS(=O)(=O)Oc1cc2oc(=O)c3c(c2cc1Cl)CCCCC3. The Labute approximate surface area is 133 Å². The van der Waals surface area contributed by atoms with Crippen molar-refractivity contribution in [3.05, 3.63) is 38.7 Å². The lowest BCUT2D eigenvalue weighted by molar-refractivity contribution is 0.491. The molecule has 0 bridgehead atoms. The van der Waals surface area contributed by atoms with Gasteiger partial charge >= 0.3 is 15.7 Å². The quantitative estimate of drug-likeness (QED) is 0.476. The third-order valence-electron chi connectivity index (χ3n) is 3.77. The molecule has 0 fully saturated rings. The van der Waals surface area contributed by atoms with Crippen molar-refractivity contribution in [3.8, 4) is 5.75 Å². The van der Waals surface area contributed by atoms with Gasteiger partial charge in [-0.1, -0.05) is 18.0 Å². The summed E-state index contributed by atoms with van der Waals surface area (Å²) in [5.41, 5.74) is 1.60. The van der Waals surface area contributed by atoms with Gasteiger partial charge < -0.3 is 8.60 Å². The monoisotopic (exact) mass is 342 g/mol. The topological polar surface area (TPSA) is 73.6 Å². The van der Waals surface area contributed by atoms with Crippen LogP contribution >= 0.6 is 11.6 Å². The standard InChI is InChI=1S/C15H15ClO5S/c1-22(18,19)21-14-8-13-11(7-12(14)16)9-5-3-2-4-6-10(9)15(17)20-13/h7-8H,2-6H2,1H3. The molecule has 1 aliphatic rings. The van der Waals surface area contributed by atoms with Crippen molar-refractivity contribution < 1.29 is 17.0 Å². The van der Waals surface area contributed by atoms with Crippen molar-refractivity contribution in [2.75, 3.05) is 6.26 Å². The first-order valence-electron chi connectivity index (χ1n) is 7.03. The van der Waals surface area contributed by atoms with Gasteiger partial charge in [0.15, 0.2) is 5.75 Å². The second-order valence-electron chi connectivity index (χ2n) is 5.47. The minimum Gasteiger partial charge on any atom is -0.422 e. The van der Waals surface area contributed by atoms with Gasteiger partial charge in [0.25, 0.3) is 0 Å². The third kappa shape index (κ3) is 2.98. The van der Waals surface area contributed by atoms with E-state index in [4.69, 9.17) is 20.2 Å². The van der Waals surface area contributed by atoms with Gasteiger partial charge in [-0.15, -0.1) is 0 Å². The van der Waals surface area contributed by atoms with Crippen LogP contribution in [0.5, 0.6) is 5.75 Å². The van der Waals surface area contributed by atoms with Crippen molar-refractivity contribution in [1.29, 1.82) is 0 Å². The maximum Gasteiger partial charge on any atom is 0.339 e. The van der Waals surface area contributed by atoms with E-state index >= 15 is 0 Å². The maximum absolute atomic E-state index is 12.2. The van der Waals surface area contributed by atoms with E-state index in [0.29, 0.717) is 17.6 Å². The summed E-state index contributed by atoms with van der Waals surface area (Å²) in [6.07, 6.45) is 5.46. The molecule has 2 aromatic rings. The molecule has 1 aromatic carbocycles. The van der Waals surface area contributed by atoms with Crippen LogP contribution < -0.4 is 9.81 Å². The molecule has 0 saturated heterocycles. The number of hydrogen-bond donors (Lipinski definition) is 0. The van der Waals surface area contributed by atoms with E-state index in [0.717, 1.165) is 42.9 Å². The fourth-order valence-electron chi connectivity index (χ4n) is 2.85. The van der Waals surface area contributed by atoms with Gasteiger partial charge in [0.05, 0.1) is 11.3 Å². The van der Waals surface area contributed by atoms with Crippen LogP contribution in [0.25, 0.3) is 11.0 Å². The fraction of sp³-hybridized carbons (Fsp3) is 0.400. The number of aryl methyl sites for hydroxylation is 1. The average molecular weight is 343 g/mol. The highest BCUT2D eigenvalue weighted by molar-refractivity contribution is 7.86. The molecule has 0 unspecified atom stereocenters. The molecule has 7 heteroatoms. The highest BCUT2D eigenvalue weighted by atomic mass is 35.5. The van der Waals surface area contributed by atoms with E-state index < -0.39 is 10.1 Å². The summed E-state index contributed by atoms with van der Waals surface area (Å²) in [7, 11) is -3.71. The largest absolute Gasteiger partial charge is 0.422 e. The molecule has 0 radical (unpaired) electrons. The Morgan fingerprint density at radius 2 is 1.82 bits per heavy atom. The Morgan fingerprint density at radius 1 is 1.14 bits per heavy atom. The minimum absolute atomic E-state index is 0.0339. The lowest BCUT2D eigenvalue weighted by Crippen LogP contribution is -2.11. The predicted octanol–water partition coefficient (Wildman–Crippen LogP) is 3.05. The van der Waals surface area contributed by atoms with Gasteiger partial charge in [-0.05, 0) is 37.3 Å². The molecule has 1 heterocycles. The Morgan fingerprint density at radius 3 is 2.50 bits per heavy atom. The lowest BCUT2D eigenvalue weighted by Gasteiger charge is -2.11. The molecule has 0 atom stereocenters. The van der Waals surface area contributed by atoms with Crippen LogP contribution in [0, 0.1) is 0 Å². The third-order valence-corrected chi connectivity index (χ3v) is 4.54. The number of hydrogen-bond acceptors (Lipinski definition) is 5. The molecule has 3 rings (SSSR count). The van der Waals surface area contributed by atoms with Crippen LogP contribution in [-0.2, 0) is 23.0 Å². The van der Waals surface area contributed by atoms with Gasteiger partial charge in [0.1, 0.15) is 5.58 Å². The van der Waals surface area contributed by atoms with Crippen LogP contribution in [0.4, 0.5) is 0 Å². The van der Waals surface area contributed by atoms with E-state index in [1.807, 2.05) is 0 Å². The molecule has 1 aromatic heterocycles. The van der Waals surface area contributed by atoms with Crippen LogP contribution in [-0.4, -0.2) is 14.7 Å². The van der Waals surface area contributed by atoms with E-state index in [-0.39, 0.29) is 16.4 Å². The van der Waals surface area contributed by atoms with Crippen LogP contribution in [0.2, 0.25) is 5.02 Å². The second-order valence-corrected chi connectivity index (χ2v) is 7.46. The van der Waals surface area contributed by atoms with Gasteiger partial charge in [0, 0.05) is 17.0 Å². The van der Waals surface area contributed by atoms with Gasteiger partial charge in [0.2, 0.25) is 0 Å². The van der Waals surface area contributed by atoms with Crippen molar-refractivity contribution in [2.24, 2.45) is 0 Å². The molecular formula is C15H15ClO5S. The minimum atomic E-state index is -3.71. The summed E-state index contributed by atoms with van der Waals surface area (Å²) in [4.78, 5) is 12.2. The molecule has 1 aliphatic carbocycles. The number of rotatable bonds is 2. The summed E-state index contributed by atoms with van der Waals surface area (Å²) in [5, 5.41) is 0.931. The number of fused-ring (bicyclic) bond motifs is 3. The first-order valence-corrected chi connectivity index (χ1v) is 9.22. The summed E-state index contributed by atoms with van der Waals surface area (Å²) in [6.45, 7) is 0. The van der Waals surface area contributed by atoms with Crippen molar-refractivity contribution >= 4 is 32.7 Å². The van der Waals surface area contributed by atoms with Gasteiger partial charge in [-0.2, -0.15) is 8.42 Å². The van der Waals surface area contributed by atoms with Crippen LogP contribution in [0.3, 0.4) is 0 Å². The molecule has 22 heavy (non-hydrogen) atoms. The highest BCUT2D eigenvalue weighted by Gasteiger charge is 2.19. The molecule has 0 amide bonds. The molecule has 0 saturated carbocycles. The fourth-order valence-corrected chi connectivity index (χ4v) is 3.56. The van der Waals surface area contributed by atoms with Crippen LogP contribution in [0.1, 0.15) is 30.4 Å². The normalized spacial score (nSPS) is 15.4. The van der Waals surface area contributed by atoms with Crippen LogP contribution in [0.15, 0.2) is 21.3 Å². The summed E-state index contributed by atoms with van der Waals surface area (Å²) in [5.74, 6) is -0.0339. The molecule has 0 N–H and O–H groups in total. The van der Waals surface area contributed by atoms with Crippen molar-refractivity contribution in [3.63, 3.8) is 0 Å². The van der Waals surface area contributed by atoms with Gasteiger partial charge in [-0.25, -0.2) is 4.79 Å². The number of halogens is 1. The first kappa shape index (κ1) is 15.4. The van der Waals surface area contributed by atoms with E-state index in [9.17, 15) is 13.2 Å². The van der Waals surface area contributed by atoms with E-state index in [1.54, 1.807) is 6.07 Å². The van der Waals surface area contributed by atoms with Crippen molar-refractivity contribution in [1.82, 2.24) is 0 Å². The average Bonchev–Trinajstić information content (AvgIpc) is 2.65.